The van der Waals surface area contributed by atoms with Crippen LogP contribution in [-0.2, 0) is 4.79 Å². The van der Waals surface area contributed by atoms with Gasteiger partial charge in [-0.25, -0.2) is 0 Å². The van der Waals surface area contributed by atoms with Crippen LogP contribution in [0.4, 0.5) is 5.69 Å². The van der Waals surface area contributed by atoms with Crippen molar-refractivity contribution < 1.29 is 14.5 Å². The molecule has 1 saturated heterocycles. The Bertz CT molecular complexity index is 507. The number of amides is 1. The molecular weight excluding hydrogens is 236 g/mol. The first-order chi connectivity index (χ1) is 8.59. The molecular formula is C12H12N2O4. The predicted molar refractivity (Wildman–Crippen MR) is 63.2 cm³/mol. The summed E-state index contributed by atoms with van der Waals surface area (Å²) in [6.07, 6.45) is 1.79. The van der Waals surface area contributed by atoms with E-state index in [-0.39, 0.29) is 11.3 Å². The molecule has 0 bridgehead atoms. The van der Waals surface area contributed by atoms with Crippen molar-refractivity contribution in [1.82, 2.24) is 4.90 Å². The minimum Gasteiger partial charge on any atom is -0.336 e. The number of benzene rings is 1. The Hall–Kier alpha value is -2.24. The molecule has 0 atom stereocenters. The maximum absolute atomic E-state index is 11.9. The summed E-state index contributed by atoms with van der Waals surface area (Å²) >= 11 is 0. The number of rotatable bonds is 3. The highest BCUT2D eigenvalue weighted by Crippen LogP contribution is 2.15. The Morgan fingerprint density at radius 2 is 1.89 bits per heavy atom. The van der Waals surface area contributed by atoms with E-state index >= 15 is 0 Å². The first-order valence-electron chi connectivity index (χ1n) is 5.67. The second-order valence-corrected chi connectivity index (χ2v) is 4.14. The molecule has 0 saturated carbocycles. The van der Waals surface area contributed by atoms with Gasteiger partial charge in [-0.05, 0) is 12.8 Å². The second kappa shape index (κ2) is 4.95. The average molecular weight is 248 g/mol. The number of ketones is 1. The molecule has 1 aliphatic rings. The first kappa shape index (κ1) is 12.2. The van der Waals surface area contributed by atoms with Crippen molar-refractivity contribution >= 4 is 17.4 Å². The molecule has 0 N–H and O–H groups in total. The van der Waals surface area contributed by atoms with Crippen molar-refractivity contribution in [2.75, 3.05) is 13.1 Å². The third-order valence-electron chi connectivity index (χ3n) is 2.91. The predicted octanol–water partition coefficient (Wildman–Crippen LogP) is 1.40. The van der Waals surface area contributed by atoms with Crippen LogP contribution in [-0.4, -0.2) is 34.6 Å². The molecule has 18 heavy (non-hydrogen) atoms. The molecule has 1 aromatic rings. The van der Waals surface area contributed by atoms with Crippen LogP contribution in [0.5, 0.6) is 0 Å². The van der Waals surface area contributed by atoms with E-state index in [0.717, 1.165) is 18.9 Å². The summed E-state index contributed by atoms with van der Waals surface area (Å²) in [5.41, 5.74) is -0.115. The summed E-state index contributed by atoms with van der Waals surface area (Å²) in [5, 5.41) is 10.6. The number of non-ortho nitro benzene ring substituents is 1. The lowest BCUT2D eigenvalue weighted by Gasteiger charge is -2.13. The maximum atomic E-state index is 11.9. The largest absolute Gasteiger partial charge is 0.336 e. The van der Waals surface area contributed by atoms with E-state index in [1.165, 1.54) is 23.1 Å². The first-order valence-corrected chi connectivity index (χ1v) is 5.67. The topological polar surface area (TPSA) is 80.5 Å². The molecule has 2 rings (SSSR count). The van der Waals surface area contributed by atoms with Crippen LogP contribution in [0.2, 0.25) is 0 Å². The fourth-order valence-corrected chi connectivity index (χ4v) is 1.95. The number of Topliss-reactive ketones (excluding diaryl/α,β-unsaturated/α-hetero) is 1. The number of nitro benzene ring substituents is 1. The third-order valence-corrected chi connectivity index (χ3v) is 2.91. The molecule has 0 aromatic heterocycles. The monoisotopic (exact) mass is 248 g/mol. The van der Waals surface area contributed by atoms with E-state index < -0.39 is 16.6 Å². The van der Waals surface area contributed by atoms with Crippen LogP contribution < -0.4 is 0 Å². The fourth-order valence-electron chi connectivity index (χ4n) is 1.95. The SMILES string of the molecule is O=C(C(=O)N1CCCC1)c1cccc([N+](=O)[O-])c1. The molecule has 0 unspecified atom stereocenters. The van der Waals surface area contributed by atoms with Gasteiger partial charge in [-0.2, -0.15) is 0 Å². The van der Waals surface area contributed by atoms with Gasteiger partial charge in [0.05, 0.1) is 4.92 Å². The number of hydrogen-bond donors (Lipinski definition) is 0. The number of hydrogen-bond acceptors (Lipinski definition) is 4. The Morgan fingerprint density at radius 1 is 1.22 bits per heavy atom. The highest BCUT2D eigenvalue weighted by atomic mass is 16.6. The third kappa shape index (κ3) is 2.37. The zero-order valence-corrected chi connectivity index (χ0v) is 9.67. The van der Waals surface area contributed by atoms with Crippen LogP contribution in [0.3, 0.4) is 0 Å². The van der Waals surface area contributed by atoms with E-state index in [0.29, 0.717) is 13.1 Å². The van der Waals surface area contributed by atoms with Crippen LogP contribution >= 0.6 is 0 Å². The van der Waals surface area contributed by atoms with Gasteiger partial charge in [0.25, 0.3) is 17.4 Å². The Morgan fingerprint density at radius 3 is 2.50 bits per heavy atom. The summed E-state index contributed by atoms with van der Waals surface area (Å²) in [4.78, 5) is 35.2. The second-order valence-electron chi connectivity index (χ2n) is 4.14. The number of carbonyl (C=O) groups excluding carboxylic acids is 2. The molecule has 0 spiro atoms. The maximum Gasteiger partial charge on any atom is 0.294 e. The van der Waals surface area contributed by atoms with Crippen LogP contribution in [0, 0.1) is 10.1 Å². The number of nitrogens with zero attached hydrogens (tertiary/aromatic N) is 2. The Kier molecular flexibility index (Phi) is 3.36. The molecule has 6 nitrogen and oxygen atoms in total. The summed E-state index contributed by atoms with van der Waals surface area (Å²) in [6.45, 7) is 1.17. The lowest BCUT2D eigenvalue weighted by molar-refractivity contribution is -0.384. The Labute approximate surface area is 103 Å². The van der Waals surface area contributed by atoms with Crippen molar-refractivity contribution in [2.24, 2.45) is 0 Å². The zero-order chi connectivity index (χ0) is 13.1. The quantitative estimate of drug-likeness (QED) is 0.350. The van der Waals surface area contributed by atoms with Gasteiger partial charge in [0, 0.05) is 30.8 Å². The van der Waals surface area contributed by atoms with E-state index in [1.54, 1.807) is 0 Å². The average Bonchev–Trinajstić information content (AvgIpc) is 2.91. The molecule has 1 heterocycles. The van der Waals surface area contributed by atoms with E-state index in [9.17, 15) is 19.7 Å². The Balaban J connectivity index is 2.20. The molecule has 6 heteroatoms. The van der Waals surface area contributed by atoms with Gasteiger partial charge in [0.1, 0.15) is 0 Å². The van der Waals surface area contributed by atoms with Gasteiger partial charge < -0.3 is 4.90 Å². The van der Waals surface area contributed by atoms with Gasteiger partial charge >= 0.3 is 0 Å². The number of carbonyl (C=O) groups is 2. The smallest absolute Gasteiger partial charge is 0.294 e. The molecule has 1 fully saturated rings. The van der Waals surface area contributed by atoms with E-state index in [1.807, 2.05) is 0 Å². The molecule has 0 aliphatic carbocycles. The lowest BCUT2D eigenvalue weighted by atomic mass is 10.1. The lowest BCUT2D eigenvalue weighted by Crippen LogP contribution is -2.34. The molecule has 1 aliphatic heterocycles. The molecule has 1 aromatic carbocycles. The van der Waals surface area contributed by atoms with Crippen molar-refractivity contribution in [3.8, 4) is 0 Å². The van der Waals surface area contributed by atoms with E-state index in [2.05, 4.69) is 0 Å². The van der Waals surface area contributed by atoms with Crippen molar-refractivity contribution in [3.05, 3.63) is 39.9 Å². The summed E-state index contributed by atoms with van der Waals surface area (Å²) in [6, 6.07) is 5.25. The minimum atomic E-state index is -0.680. The molecule has 1 amide bonds. The van der Waals surface area contributed by atoms with Gasteiger partial charge in [-0.1, -0.05) is 12.1 Å². The van der Waals surface area contributed by atoms with Gasteiger partial charge in [-0.15, -0.1) is 0 Å². The van der Waals surface area contributed by atoms with Gasteiger partial charge in [0.2, 0.25) is 0 Å². The summed E-state index contributed by atoms with van der Waals surface area (Å²) in [7, 11) is 0. The highest BCUT2D eigenvalue weighted by Gasteiger charge is 2.26. The summed E-state index contributed by atoms with van der Waals surface area (Å²) < 4.78 is 0. The van der Waals surface area contributed by atoms with Crippen LogP contribution in [0.15, 0.2) is 24.3 Å². The number of likely N-dealkylation sites (tertiary alicyclic amines) is 1. The minimum absolute atomic E-state index is 0.0705. The van der Waals surface area contributed by atoms with Gasteiger partial charge in [-0.3, -0.25) is 19.7 Å². The number of nitro groups is 1. The standard InChI is InChI=1S/C12H12N2O4/c15-11(12(16)13-6-1-2-7-13)9-4-3-5-10(8-9)14(17)18/h3-5,8H,1-2,6-7H2. The summed E-state index contributed by atoms with van der Waals surface area (Å²) in [5.74, 6) is -1.26. The van der Waals surface area contributed by atoms with E-state index in [4.69, 9.17) is 0 Å². The zero-order valence-electron chi connectivity index (χ0n) is 9.67. The van der Waals surface area contributed by atoms with Gasteiger partial charge in [0.15, 0.2) is 0 Å². The van der Waals surface area contributed by atoms with Crippen molar-refractivity contribution in [1.29, 1.82) is 0 Å². The van der Waals surface area contributed by atoms with Crippen LogP contribution in [0.25, 0.3) is 0 Å². The van der Waals surface area contributed by atoms with Crippen molar-refractivity contribution in [2.45, 2.75) is 12.8 Å². The molecule has 0 radical (unpaired) electrons. The normalized spacial score (nSPS) is 14.6. The molecule has 94 valence electrons. The van der Waals surface area contributed by atoms with Crippen LogP contribution in [0.1, 0.15) is 23.2 Å². The highest BCUT2D eigenvalue weighted by molar-refractivity contribution is 6.42. The fraction of sp³-hybridized carbons (Fsp3) is 0.333. The van der Waals surface area contributed by atoms with Crippen molar-refractivity contribution in [3.63, 3.8) is 0 Å².